The highest BCUT2D eigenvalue weighted by atomic mass is 16.7. The van der Waals surface area contributed by atoms with Crippen molar-refractivity contribution in [1.29, 1.82) is 0 Å². The number of fused-ring (bicyclic) bond motifs is 2. The van der Waals surface area contributed by atoms with Gasteiger partial charge in [0.25, 0.3) is 0 Å². The summed E-state index contributed by atoms with van der Waals surface area (Å²) in [6.07, 6.45) is 3.38. The monoisotopic (exact) mass is 478 g/mol. The number of H-pyrrole nitrogens is 1. The molecule has 2 N–H and O–H groups in total. The first-order chi connectivity index (χ1) is 17.6. The number of hydrogen-bond acceptors (Lipinski definition) is 4. The van der Waals surface area contributed by atoms with Gasteiger partial charge in [-0.3, -0.25) is 4.98 Å². The lowest BCUT2D eigenvalue weighted by Crippen LogP contribution is -2.06. The molecule has 0 unspecified atom stereocenters. The smallest absolute Gasteiger partial charge is 0.493 e. The Labute approximate surface area is 208 Å². The molecule has 0 radical (unpaired) electrons. The van der Waals surface area contributed by atoms with E-state index in [9.17, 15) is 9.90 Å². The van der Waals surface area contributed by atoms with E-state index in [2.05, 4.69) is 28.7 Å². The minimum atomic E-state index is -1.36. The molecular weight excluding hydrogens is 452 g/mol. The molecule has 0 atom stereocenters. The number of pyridine rings is 1. The van der Waals surface area contributed by atoms with E-state index >= 15 is 0 Å². The molecule has 0 spiro atoms. The van der Waals surface area contributed by atoms with Crippen LogP contribution in [0, 0.1) is 6.92 Å². The molecule has 6 heteroatoms. The summed E-state index contributed by atoms with van der Waals surface area (Å²) in [5.41, 5.74) is 5.29. The number of carboxylic acid groups (broad SMARTS) is 1. The van der Waals surface area contributed by atoms with Gasteiger partial charge in [0, 0.05) is 33.7 Å². The molecule has 5 aromatic rings. The SMILES string of the molecule is C=Cc1nccc(C)c1-c1cccc2c(CCCOc3cccc4ccccc34)c(OC(=O)O)[nH]c12. The van der Waals surface area contributed by atoms with E-state index in [0.29, 0.717) is 19.4 Å². The Balaban J connectivity index is 1.46. The standard InChI is InChI=1S/C30H26N2O4/c1-3-25-27(19(2)16-17-31-25)24-13-7-12-22-23(29(32-28(22)24)36-30(33)34)14-8-18-35-26-15-6-10-20-9-4-5-11-21(20)26/h3-7,9-13,15-17,32H,1,8,14,18H2,2H3,(H,33,34). The number of aryl methyl sites for hydroxylation is 2. The Kier molecular flexibility index (Phi) is 6.41. The molecule has 5 rings (SSSR count). The number of hydrogen-bond donors (Lipinski definition) is 2. The molecular formula is C30H26N2O4. The summed E-state index contributed by atoms with van der Waals surface area (Å²) in [5.74, 6) is 1.07. The highest BCUT2D eigenvalue weighted by Gasteiger charge is 2.20. The van der Waals surface area contributed by atoms with Gasteiger partial charge in [-0.05, 0) is 48.9 Å². The molecule has 2 aromatic heterocycles. The predicted molar refractivity (Wildman–Crippen MR) is 143 cm³/mol. The molecule has 0 aliphatic carbocycles. The van der Waals surface area contributed by atoms with Crippen LogP contribution in [0.2, 0.25) is 0 Å². The Morgan fingerprint density at radius 2 is 1.83 bits per heavy atom. The number of aromatic amines is 1. The zero-order chi connectivity index (χ0) is 25.1. The number of aromatic nitrogens is 2. The highest BCUT2D eigenvalue weighted by molar-refractivity contribution is 6.00. The molecule has 0 aliphatic rings. The van der Waals surface area contributed by atoms with Crippen molar-refractivity contribution in [3.05, 3.63) is 96.3 Å². The topological polar surface area (TPSA) is 84.4 Å². The largest absolute Gasteiger partial charge is 0.512 e. The van der Waals surface area contributed by atoms with Crippen LogP contribution in [0.1, 0.15) is 23.2 Å². The molecule has 3 aromatic carbocycles. The van der Waals surface area contributed by atoms with Crippen molar-refractivity contribution in [3.63, 3.8) is 0 Å². The van der Waals surface area contributed by atoms with Crippen LogP contribution in [-0.4, -0.2) is 27.8 Å². The van der Waals surface area contributed by atoms with Gasteiger partial charge in [-0.25, -0.2) is 4.79 Å². The molecule has 6 nitrogen and oxygen atoms in total. The molecule has 0 saturated carbocycles. The van der Waals surface area contributed by atoms with Gasteiger partial charge in [0.05, 0.1) is 17.8 Å². The van der Waals surface area contributed by atoms with E-state index in [1.807, 2.05) is 61.5 Å². The molecule has 0 bridgehead atoms. The number of benzene rings is 3. The maximum Gasteiger partial charge on any atom is 0.512 e. The van der Waals surface area contributed by atoms with Gasteiger partial charge in [0.1, 0.15) is 5.75 Å². The number of ether oxygens (including phenoxy) is 2. The zero-order valence-corrected chi connectivity index (χ0v) is 20.0. The lowest BCUT2D eigenvalue weighted by atomic mass is 9.96. The van der Waals surface area contributed by atoms with Crippen molar-refractivity contribution < 1.29 is 19.4 Å². The summed E-state index contributed by atoms with van der Waals surface area (Å²) in [6, 6.07) is 22.0. The minimum absolute atomic E-state index is 0.233. The predicted octanol–water partition coefficient (Wildman–Crippen LogP) is 7.40. The summed E-state index contributed by atoms with van der Waals surface area (Å²) in [7, 11) is 0. The quantitative estimate of drug-likeness (QED) is 0.179. The third-order valence-electron chi connectivity index (χ3n) is 6.32. The van der Waals surface area contributed by atoms with Crippen molar-refractivity contribution >= 4 is 33.9 Å². The second-order valence-electron chi connectivity index (χ2n) is 8.55. The first-order valence-electron chi connectivity index (χ1n) is 11.8. The van der Waals surface area contributed by atoms with E-state index in [1.165, 1.54) is 0 Å². The molecule has 36 heavy (non-hydrogen) atoms. The minimum Gasteiger partial charge on any atom is -0.493 e. The van der Waals surface area contributed by atoms with E-state index in [4.69, 9.17) is 9.47 Å². The summed E-state index contributed by atoms with van der Waals surface area (Å²) in [4.78, 5) is 19.1. The van der Waals surface area contributed by atoms with Gasteiger partial charge in [0.2, 0.25) is 5.88 Å². The van der Waals surface area contributed by atoms with Gasteiger partial charge in [-0.15, -0.1) is 0 Å². The number of rotatable bonds is 8. The number of carbonyl (C=O) groups is 1. The fourth-order valence-electron chi connectivity index (χ4n) is 4.72. The highest BCUT2D eigenvalue weighted by Crippen LogP contribution is 2.38. The normalized spacial score (nSPS) is 11.0. The van der Waals surface area contributed by atoms with E-state index < -0.39 is 6.16 Å². The lowest BCUT2D eigenvalue weighted by molar-refractivity contribution is 0.142. The van der Waals surface area contributed by atoms with Crippen LogP contribution in [0.4, 0.5) is 4.79 Å². The number of nitrogens with zero attached hydrogens (tertiary/aromatic N) is 1. The van der Waals surface area contributed by atoms with Crippen molar-refractivity contribution in [3.8, 4) is 22.8 Å². The zero-order valence-electron chi connectivity index (χ0n) is 20.0. The van der Waals surface area contributed by atoms with Crippen molar-refractivity contribution in [2.24, 2.45) is 0 Å². The van der Waals surface area contributed by atoms with Crippen LogP contribution in [0.3, 0.4) is 0 Å². The van der Waals surface area contributed by atoms with Crippen LogP contribution < -0.4 is 9.47 Å². The van der Waals surface area contributed by atoms with Gasteiger partial charge in [0.15, 0.2) is 0 Å². The third kappa shape index (κ3) is 4.41. The second-order valence-corrected chi connectivity index (χ2v) is 8.55. The Morgan fingerprint density at radius 1 is 1.06 bits per heavy atom. The van der Waals surface area contributed by atoms with Crippen LogP contribution in [0.15, 0.2) is 79.5 Å². The fourth-order valence-corrected chi connectivity index (χ4v) is 4.72. The molecule has 0 saturated heterocycles. The average Bonchev–Trinajstić information content (AvgIpc) is 3.23. The second kappa shape index (κ2) is 9.96. The van der Waals surface area contributed by atoms with Crippen LogP contribution >= 0.6 is 0 Å². The maximum absolute atomic E-state index is 11.5. The van der Waals surface area contributed by atoms with Gasteiger partial charge in [-0.2, -0.15) is 0 Å². The molecule has 2 heterocycles. The fraction of sp³-hybridized carbons (Fsp3) is 0.133. The number of para-hydroxylation sites is 1. The summed E-state index contributed by atoms with van der Waals surface area (Å²) < 4.78 is 11.3. The van der Waals surface area contributed by atoms with Crippen LogP contribution in [-0.2, 0) is 6.42 Å². The summed E-state index contributed by atoms with van der Waals surface area (Å²) >= 11 is 0. The Bertz CT molecular complexity index is 1580. The van der Waals surface area contributed by atoms with Crippen molar-refractivity contribution in [2.75, 3.05) is 6.61 Å². The first kappa shape index (κ1) is 23.2. The van der Waals surface area contributed by atoms with E-state index in [0.717, 1.165) is 55.4 Å². The Hall–Kier alpha value is -4.58. The number of nitrogens with one attached hydrogen (secondary N) is 1. The molecule has 0 fully saturated rings. The first-order valence-corrected chi connectivity index (χ1v) is 11.8. The summed E-state index contributed by atoms with van der Waals surface area (Å²) in [6.45, 7) is 6.41. The lowest BCUT2D eigenvalue weighted by Gasteiger charge is -2.11. The van der Waals surface area contributed by atoms with Crippen LogP contribution in [0.5, 0.6) is 11.6 Å². The summed E-state index contributed by atoms with van der Waals surface area (Å²) in [5, 5.41) is 12.5. The van der Waals surface area contributed by atoms with Crippen molar-refractivity contribution in [2.45, 2.75) is 19.8 Å². The van der Waals surface area contributed by atoms with Gasteiger partial charge in [-0.1, -0.05) is 61.2 Å². The third-order valence-corrected chi connectivity index (χ3v) is 6.32. The van der Waals surface area contributed by atoms with Crippen molar-refractivity contribution in [1.82, 2.24) is 9.97 Å². The van der Waals surface area contributed by atoms with Gasteiger partial charge < -0.3 is 19.6 Å². The van der Waals surface area contributed by atoms with Crippen LogP contribution in [0.25, 0.3) is 38.9 Å². The molecule has 0 amide bonds. The van der Waals surface area contributed by atoms with E-state index in [-0.39, 0.29) is 5.88 Å². The molecule has 180 valence electrons. The van der Waals surface area contributed by atoms with E-state index in [1.54, 1.807) is 12.3 Å². The molecule has 0 aliphatic heterocycles. The van der Waals surface area contributed by atoms with Gasteiger partial charge >= 0.3 is 6.16 Å². The Morgan fingerprint density at radius 3 is 2.67 bits per heavy atom. The maximum atomic E-state index is 11.5. The average molecular weight is 479 g/mol.